The highest BCUT2D eigenvalue weighted by Gasteiger charge is 2.10. The zero-order valence-corrected chi connectivity index (χ0v) is 8.54. The van der Waals surface area contributed by atoms with Gasteiger partial charge in [0.1, 0.15) is 11.3 Å². The molecule has 0 aliphatic carbocycles. The Labute approximate surface area is 84.1 Å². The first-order valence-electron chi connectivity index (χ1n) is 4.05. The molecule has 2 N–H and O–H groups in total. The number of fused-ring (bicyclic) bond motifs is 1. The molecule has 0 atom stereocenters. The van der Waals surface area contributed by atoms with Gasteiger partial charge in [-0.05, 0) is 34.6 Å². The van der Waals surface area contributed by atoms with Crippen LogP contribution in [0.25, 0.3) is 11.1 Å². The molecule has 0 radical (unpaired) electrons. The molecule has 68 valence electrons. The normalized spacial score (nSPS) is 10.9. The molecule has 4 heteroatoms. The topological polar surface area (TPSA) is 52.0 Å². The number of hydrogen-bond donors (Lipinski definition) is 1. The summed E-state index contributed by atoms with van der Waals surface area (Å²) in [5.41, 5.74) is 7.12. The van der Waals surface area contributed by atoms with Crippen LogP contribution in [-0.4, -0.2) is 11.5 Å². The third-order valence-electron chi connectivity index (χ3n) is 1.83. The van der Waals surface area contributed by atoms with Crippen molar-refractivity contribution in [1.29, 1.82) is 0 Å². The van der Waals surface area contributed by atoms with E-state index in [1.807, 2.05) is 12.1 Å². The van der Waals surface area contributed by atoms with Crippen LogP contribution < -0.4 is 5.73 Å². The van der Waals surface area contributed by atoms with Crippen molar-refractivity contribution in [2.75, 3.05) is 6.54 Å². The fourth-order valence-corrected chi connectivity index (χ4v) is 1.82. The number of furan rings is 1. The van der Waals surface area contributed by atoms with Crippen molar-refractivity contribution in [1.82, 2.24) is 4.98 Å². The lowest BCUT2D eigenvalue weighted by Crippen LogP contribution is -2.01. The Morgan fingerprint density at radius 1 is 1.54 bits per heavy atom. The summed E-state index contributed by atoms with van der Waals surface area (Å²) in [5, 5.41) is 0. The predicted octanol–water partition coefficient (Wildman–Crippen LogP) is 2.09. The van der Waals surface area contributed by atoms with Crippen LogP contribution >= 0.6 is 15.9 Å². The maximum Gasteiger partial charge on any atom is 0.153 e. The maximum atomic E-state index is 5.55. The number of rotatable bonds is 2. The Morgan fingerprint density at radius 3 is 3.08 bits per heavy atom. The average molecular weight is 241 g/mol. The molecule has 0 aromatic carbocycles. The SMILES string of the molecule is NCCc1oc2cccnc2c1Br. The van der Waals surface area contributed by atoms with E-state index in [1.165, 1.54) is 0 Å². The van der Waals surface area contributed by atoms with Gasteiger partial charge in [0.15, 0.2) is 5.58 Å². The molecule has 0 amide bonds. The zero-order chi connectivity index (χ0) is 9.26. The van der Waals surface area contributed by atoms with Crippen molar-refractivity contribution in [2.45, 2.75) is 6.42 Å². The highest BCUT2D eigenvalue weighted by atomic mass is 79.9. The number of nitrogens with zero attached hydrogens (tertiary/aromatic N) is 1. The molecule has 0 aliphatic rings. The second kappa shape index (κ2) is 3.47. The van der Waals surface area contributed by atoms with Gasteiger partial charge in [0, 0.05) is 12.6 Å². The van der Waals surface area contributed by atoms with Crippen LogP contribution in [0.5, 0.6) is 0 Å². The van der Waals surface area contributed by atoms with E-state index in [1.54, 1.807) is 6.20 Å². The first-order valence-corrected chi connectivity index (χ1v) is 4.84. The minimum atomic E-state index is 0.582. The van der Waals surface area contributed by atoms with Crippen LogP contribution in [0.15, 0.2) is 27.2 Å². The molecule has 0 saturated carbocycles. The van der Waals surface area contributed by atoms with Gasteiger partial charge in [-0.2, -0.15) is 0 Å². The Bertz CT molecular complexity index is 424. The summed E-state index contributed by atoms with van der Waals surface area (Å²) in [4.78, 5) is 4.20. The molecule has 2 aromatic heterocycles. The van der Waals surface area contributed by atoms with Crippen LogP contribution in [0.2, 0.25) is 0 Å². The van der Waals surface area contributed by atoms with Gasteiger partial charge in [0.05, 0.1) is 4.47 Å². The molecule has 2 aromatic rings. The van der Waals surface area contributed by atoms with Crippen LogP contribution in [0.1, 0.15) is 5.76 Å². The number of aromatic nitrogens is 1. The van der Waals surface area contributed by atoms with E-state index in [0.717, 1.165) is 27.8 Å². The first kappa shape index (κ1) is 8.72. The average Bonchev–Trinajstić information content (AvgIpc) is 2.46. The molecule has 0 bridgehead atoms. The van der Waals surface area contributed by atoms with Crippen LogP contribution in [-0.2, 0) is 6.42 Å². The fourth-order valence-electron chi connectivity index (χ4n) is 1.24. The number of halogens is 1. The Morgan fingerprint density at radius 2 is 2.38 bits per heavy atom. The van der Waals surface area contributed by atoms with E-state index < -0.39 is 0 Å². The predicted molar refractivity (Wildman–Crippen MR) is 54.5 cm³/mol. The molecule has 13 heavy (non-hydrogen) atoms. The molecule has 2 heterocycles. The minimum Gasteiger partial charge on any atom is -0.458 e. The van der Waals surface area contributed by atoms with Gasteiger partial charge >= 0.3 is 0 Å². The lowest BCUT2D eigenvalue weighted by Gasteiger charge is -1.90. The number of hydrogen-bond acceptors (Lipinski definition) is 3. The van der Waals surface area contributed by atoms with Gasteiger partial charge in [-0.15, -0.1) is 0 Å². The van der Waals surface area contributed by atoms with Crippen molar-refractivity contribution < 1.29 is 4.42 Å². The van der Waals surface area contributed by atoms with Gasteiger partial charge in [0.2, 0.25) is 0 Å². The summed E-state index contributed by atoms with van der Waals surface area (Å²) in [6.45, 7) is 0.582. The van der Waals surface area contributed by atoms with Crippen molar-refractivity contribution in [3.8, 4) is 0 Å². The zero-order valence-electron chi connectivity index (χ0n) is 6.96. The largest absolute Gasteiger partial charge is 0.458 e. The summed E-state index contributed by atoms with van der Waals surface area (Å²) in [6, 6.07) is 3.75. The molecule has 0 saturated heterocycles. The van der Waals surface area contributed by atoms with Crippen LogP contribution in [0, 0.1) is 0 Å². The Kier molecular flexibility index (Phi) is 2.33. The lowest BCUT2D eigenvalue weighted by molar-refractivity contribution is 0.547. The van der Waals surface area contributed by atoms with Gasteiger partial charge in [-0.3, -0.25) is 4.98 Å². The summed E-state index contributed by atoms with van der Waals surface area (Å²) < 4.78 is 6.47. The molecule has 0 spiro atoms. The van der Waals surface area contributed by atoms with Crippen molar-refractivity contribution in [3.63, 3.8) is 0 Å². The van der Waals surface area contributed by atoms with Crippen LogP contribution in [0.4, 0.5) is 0 Å². The highest BCUT2D eigenvalue weighted by Crippen LogP contribution is 2.28. The summed E-state index contributed by atoms with van der Waals surface area (Å²) >= 11 is 3.44. The minimum absolute atomic E-state index is 0.582. The monoisotopic (exact) mass is 240 g/mol. The third-order valence-corrected chi connectivity index (χ3v) is 2.65. The van der Waals surface area contributed by atoms with Crippen molar-refractivity contribution >= 4 is 27.0 Å². The van der Waals surface area contributed by atoms with E-state index in [4.69, 9.17) is 10.2 Å². The van der Waals surface area contributed by atoms with E-state index in [0.29, 0.717) is 6.54 Å². The second-order valence-electron chi connectivity index (χ2n) is 2.73. The van der Waals surface area contributed by atoms with Gasteiger partial charge < -0.3 is 10.2 Å². The molecule has 2 rings (SSSR count). The van der Waals surface area contributed by atoms with Crippen molar-refractivity contribution in [3.05, 3.63) is 28.6 Å². The number of nitrogens with two attached hydrogens (primary N) is 1. The summed E-state index contributed by atoms with van der Waals surface area (Å²) in [6.07, 6.45) is 2.48. The lowest BCUT2D eigenvalue weighted by atomic mass is 10.3. The molecule has 0 fully saturated rings. The van der Waals surface area contributed by atoms with E-state index in [2.05, 4.69) is 20.9 Å². The van der Waals surface area contributed by atoms with E-state index in [-0.39, 0.29) is 0 Å². The first-order chi connectivity index (χ1) is 6.33. The standard InChI is InChI=1S/C9H9BrN2O/c10-8-6(3-4-11)13-7-2-1-5-12-9(7)8/h1-2,5H,3-4,11H2. The smallest absolute Gasteiger partial charge is 0.153 e. The summed E-state index contributed by atoms with van der Waals surface area (Å²) in [5.74, 6) is 0.871. The molecule has 0 aliphatic heterocycles. The quantitative estimate of drug-likeness (QED) is 0.875. The van der Waals surface area contributed by atoms with Crippen LogP contribution in [0.3, 0.4) is 0 Å². The Hall–Kier alpha value is -0.870. The highest BCUT2D eigenvalue weighted by molar-refractivity contribution is 9.10. The fraction of sp³-hybridized carbons (Fsp3) is 0.222. The summed E-state index contributed by atoms with van der Waals surface area (Å²) in [7, 11) is 0. The Balaban J connectivity index is 2.60. The van der Waals surface area contributed by atoms with Crippen molar-refractivity contribution in [2.24, 2.45) is 5.73 Å². The molecule has 3 nitrogen and oxygen atoms in total. The third kappa shape index (κ3) is 1.47. The van der Waals surface area contributed by atoms with Gasteiger partial charge in [-0.25, -0.2) is 0 Å². The van der Waals surface area contributed by atoms with Gasteiger partial charge in [0.25, 0.3) is 0 Å². The maximum absolute atomic E-state index is 5.55. The second-order valence-corrected chi connectivity index (χ2v) is 3.52. The van der Waals surface area contributed by atoms with Gasteiger partial charge in [-0.1, -0.05) is 0 Å². The molecule has 0 unspecified atom stereocenters. The van der Waals surface area contributed by atoms with E-state index >= 15 is 0 Å². The molecular formula is C9H9BrN2O. The van der Waals surface area contributed by atoms with E-state index in [9.17, 15) is 0 Å². The molecular weight excluding hydrogens is 232 g/mol. The number of pyridine rings is 1.